The second-order valence-corrected chi connectivity index (χ2v) is 7.98. The van der Waals surface area contributed by atoms with Gasteiger partial charge in [0.15, 0.2) is 0 Å². The minimum Gasteiger partial charge on any atom is -0.341 e. The van der Waals surface area contributed by atoms with Gasteiger partial charge in [-0.15, -0.1) is 17.4 Å². The Morgan fingerprint density at radius 1 is 0.812 bits per heavy atom. The topological polar surface area (TPSA) is 8.81 Å². The fourth-order valence-electron chi connectivity index (χ4n) is 4.58. The third-order valence-electron chi connectivity index (χ3n) is 6.08. The SMILES string of the molecule is Cn1[c-][n+](\C2=c3/cccc/c3=c3\cccc\c3=C\C3C=CC=CC3=[C-]2)c2ccccc21.[Ir]. The number of benzene rings is 3. The van der Waals surface area contributed by atoms with Gasteiger partial charge in [0.1, 0.15) is 0 Å². The predicted molar refractivity (Wildman–Crippen MR) is 124 cm³/mol. The van der Waals surface area contributed by atoms with Gasteiger partial charge in [0.05, 0.1) is 18.1 Å². The van der Waals surface area contributed by atoms with Gasteiger partial charge < -0.3 is 9.13 Å². The van der Waals surface area contributed by atoms with E-state index in [1.54, 1.807) is 0 Å². The molecule has 2 nitrogen and oxygen atoms in total. The summed E-state index contributed by atoms with van der Waals surface area (Å²) in [5.41, 5.74) is 4.42. The number of para-hydroxylation sites is 2. The normalized spacial score (nSPS) is 20.3. The van der Waals surface area contributed by atoms with Gasteiger partial charge in [-0.2, -0.15) is 17.7 Å². The van der Waals surface area contributed by atoms with Crippen molar-refractivity contribution in [1.82, 2.24) is 4.57 Å². The van der Waals surface area contributed by atoms with Crippen molar-refractivity contribution in [1.29, 1.82) is 0 Å². The van der Waals surface area contributed by atoms with Crippen LogP contribution in [0.2, 0.25) is 0 Å². The number of rotatable bonds is 1. The van der Waals surface area contributed by atoms with E-state index in [-0.39, 0.29) is 26.0 Å². The van der Waals surface area contributed by atoms with Gasteiger partial charge in [-0.3, -0.25) is 0 Å². The maximum atomic E-state index is 3.79. The van der Waals surface area contributed by atoms with E-state index in [0.29, 0.717) is 0 Å². The smallest absolute Gasteiger partial charge is 0.242 e. The fraction of sp³-hybridized carbons (Fsp3) is 0.0690. The van der Waals surface area contributed by atoms with Crippen molar-refractivity contribution in [2.24, 2.45) is 13.0 Å². The van der Waals surface area contributed by atoms with E-state index in [9.17, 15) is 0 Å². The Morgan fingerprint density at radius 3 is 2.41 bits per heavy atom. The van der Waals surface area contributed by atoms with Crippen molar-refractivity contribution in [2.45, 2.75) is 0 Å². The zero-order valence-electron chi connectivity index (χ0n) is 17.6. The van der Waals surface area contributed by atoms with E-state index < -0.39 is 0 Å². The molecule has 2 aliphatic rings. The van der Waals surface area contributed by atoms with Crippen LogP contribution in [-0.2, 0) is 27.2 Å². The Kier molecular flexibility index (Phi) is 5.38. The average Bonchev–Trinajstić information content (AvgIpc) is 3.17. The molecule has 157 valence electrons. The van der Waals surface area contributed by atoms with Crippen LogP contribution in [0, 0.1) is 28.8 Å². The quantitative estimate of drug-likeness (QED) is 0.238. The van der Waals surface area contributed by atoms with Gasteiger partial charge in [0.2, 0.25) is 6.33 Å². The second kappa shape index (κ2) is 8.35. The minimum absolute atomic E-state index is 0. The number of hydrogen-bond donors (Lipinski definition) is 0. The molecule has 0 spiro atoms. The van der Waals surface area contributed by atoms with Gasteiger partial charge in [0, 0.05) is 20.1 Å². The number of fused-ring (bicyclic) bond motifs is 4. The summed E-state index contributed by atoms with van der Waals surface area (Å²) >= 11 is 0. The largest absolute Gasteiger partial charge is 0.341 e. The van der Waals surface area contributed by atoms with Crippen LogP contribution in [0.3, 0.4) is 0 Å². The maximum absolute atomic E-state index is 3.79. The molecule has 0 aliphatic heterocycles. The van der Waals surface area contributed by atoms with E-state index in [2.05, 4.69) is 125 Å². The molecule has 2 aliphatic carbocycles. The third kappa shape index (κ3) is 3.35. The molecule has 32 heavy (non-hydrogen) atoms. The Morgan fingerprint density at radius 2 is 1.53 bits per heavy atom. The Bertz CT molecular complexity index is 1650. The van der Waals surface area contributed by atoms with Crippen molar-refractivity contribution >= 4 is 22.8 Å². The fourth-order valence-corrected chi connectivity index (χ4v) is 4.58. The number of allylic oxidation sites excluding steroid dienone is 6. The van der Waals surface area contributed by atoms with E-state index in [4.69, 9.17) is 0 Å². The molecule has 3 aromatic carbocycles. The summed E-state index contributed by atoms with van der Waals surface area (Å²) in [6.07, 6.45) is 18.3. The monoisotopic (exact) mass is 590 g/mol. The van der Waals surface area contributed by atoms with Crippen molar-refractivity contribution < 1.29 is 24.7 Å². The number of aromatic nitrogens is 2. The summed E-state index contributed by atoms with van der Waals surface area (Å²) in [7, 11) is 2.04. The zero-order chi connectivity index (χ0) is 20.8. The molecule has 4 aromatic rings. The molecule has 0 amide bonds. The first-order valence-electron chi connectivity index (χ1n) is 10.6. The van der Waals surface area contributed by atoms with Crippen LogP contribution >= 0.6 is 0 Å². The van der Waals surface area contributed by atoms with Crippen LogP contribution in [0.1, 0.15) is 0 Å². The van der Waals surface area contributed by atoms with Crippen LogP contribution in [0.25, 0.3) is 22.8 Å². The zero-order valence-corrected chi connectivity index (χ0v) is 20.0. The molecule has 0 N–H and O–H groups in total. The number of imidazole rings is 1. The summed E-state index contributed by atoms with van der Waals surface area (Å²) in [5, 5.41) is 4.84. The summed E-state index contributed by atoms with van der Waals surface area (Å²) in [5.74, 6) is 0.172. The molecule has 0 saturated heterocycles. The van der Waals surface area contributed by atoms with Crippen LogP contribution < -0.4 is 15.0 Å². The van der Waals surface area contributed by atoms with Crippen LogP contribution in [0.15, 0.2) is 103 Å². The molecule has 0 saturated carbocycles. The molecule has 3 heteroatoms. The van der Waals surface area contributed by atoms with Gasteiger partial charge in [-0.05, 0) is 16.4 Å². The predicted octanol–water partition coefficient (Wildman–Crippen LogP) is 3.47. The molecule has 1 aromatic heterocycles. The van der Waals surface area contributed by atoms with E-state index >= 15 is 0 Å². The average molecular weight is 590 g/mol. The first kappa shape index (κ1) is 20.6. The molecule has 1 heterocycles. The van der Waals surface area contributed by atoms with Crippen molar-refractivity contribution in [3.05, 3.63) is 136 Å². The molecular weight excluding hydrogens is 569 g/mol. The van der Waals surface area contributed by atoms with Crippen LogP contribution in [0.4, 0.5) is 0 Å². The van der Waals surface area contributed by atoms with Crippen molar-refractivity contribution in [3.8, 4) is 0 Å². The third-order valence-corrected chi connectivity index (χ3v) is 6.08. The molecule has 1 atom stereocenters. The van der Waals surface area contributed by atoms with E-state index in [1.807, 2.05) is 7.05 Å². The van der Waals surface area contributed by atoms with E-state index in [0.717, 1.165) is 27.5 Å². The Hall–Kier alpha value is -3.26. The summed E-state index contributed by atoms with van der Waals surface area (Å²) in [4.78, 5) is 0. The number of nitrogens with zero attached hydrogens (tertiary/aromatic N) is 2. The minimum atomic E-state index is 0. The first-order chi connectivity index (χ1) is 15.3. The molecule has 1 radical (unpaired) electrons. The van der Waals surface area contributed by atoms with E-state index in [1.165, 1.54) is 15.7 Å². The maximum Gasteiger partial charge on any atom is 0.242 e. The molecule has 1 unspecified atom stereocenters. The standard InChI is InChI=1S/C29H21N2.Ir/c1-30-20-31(28-17-9-8-16-27(28)30)29-19-22-11-3-2-10-21(22)18-23-12-4-5-13-24(23)25-14-6-7-15-26(25)29;/h2-18,21H,1H3;/q-1;/b23-18-,25-24-,29-26+;. The van der Waals surface area contributed by atoms with Gasteiger partial charge >= 0.3 is 0 Å². The Balaban J connectivity index is 0.00000216. The molecule has 0 fully saturated rings. The molecule has 0 bridgehead atoms. The summed E-state index contributed by atoms with van der Waals surface area (Å²) in [6.45, 7) is 0. The first-order valence-corrected chi connectivity index (χ1v) is 10.6. The number of aryl methyl sites for hydroxylation is 1. The molecular formula is C29H21IrN2-. The summed E-state index contributed by atoms with van der Waals surface area (Å²) < 4.78 is 4.20. The van der Waals surface area contributed by atoms with Gasteiger partial charge in [0.25, 0.3) is 0 Å². The van der Waals surface area contributed by atoms with Crippen LogP contribution in [0.5, 0.6) is 0 Å². The van der Waals surface area contributed by atoms with Gasteiger partial charge in [-0.25, -0.2) is 0 Å². The van der Waals surface area contributed by atoms with Crippen molar-refractivity contribution in [2.75, 3.05) is 0 Å². The summed E-state index contributed by atoms with van der Waals surface area (Å²) in [6, 6.07) is 25.7. The number of hydrogen-bond acceptors (Lipinski definition) is 0. The van der Waals surface area contributed by atoms with Crippen LogP contribution in [-0.4, -0.2) is 4.57 Å². The van der Waals surface area contributed by atoms with Crippen molar-refractivity contribution in [3.63, 3.8) is 0 Å². The second-order valence-electron chi connectivity index (χ2n) is 7.98. The Labute approximate surface area is 200 Å². The van der Waals surface area contributed by atoms with Gasteiger partial charge in [-0.1, -0.05) is 95.9 Å². The molecule has 6 rings (SSSR count).